The lowest BCUT2D eigenvalue weighted by Gasteiger charge is -2.10. The first kappa shape index (κ1) is 76.7. The van der Waals surface area contributed by atoms with Crippen LogP contribution in [0.15, 0.2) is 279 Å². The average molecular weight is 1490 g/mol. The van der Waals surface area contributed by atoms with Crippen LogP contribution in [0.25, 0.3) is 21.9 Å². The minimum Gasteiger partial charge on any atom is -0.427 e. The van der Waals surface area contributed by atoms with Crippen molar-refractivity contribution in [2.24, 2.45) is 0 Å². The van der Waals surface area contributed by atoms with Gasteiger partial charge in [-0.3, -0.25) is 38.4 Å². The molecule has 4 N–H and O–H groups in total. The van der Waals surface area contributed by atoms with Crippen molar-refractivity contribution in [1.82, 2.24) is 0 Å². The summed E-state index contributed by atoms with van der Waals surface area (Å²) in [5.41, 5.74) is 5.64. The standard InChI is InChI=1S/C45H34N2O10.C42H30N2O10/c1-28(48)54-38-17-9-31(10-18-38)32-11-19-40(20-12-32)56-44(52)34-7-3-5-30(25-34)26-42(50)46-36-13-23-41(24-14-36)57-45(53)35-8-4-6-33(27-35)43(51)47-37-15-21-39(22-16-37)55-29(2)49;1-25(45)51-35-17-11-33(12-18-35)43-39(47)29-5-3-7-31(21-29)41(49)53-37-15-9-28-24-38(16-10-27(28)23-37)54-42(50)32-8-4-6-30(22-32)40(48)44-34-13-19-36(20-14-34)52-26(2)46/h3-25,27H,26H2,1-2H3,(H,46,50)(H,47,51);3-24H,1-2H3,(H,43,47)(H,44,48). The molecule has 0 aliphatic heterocycles. The predicted octanol–water partition coefficient (Wildman–Crippen LogP) is 15.7. The van der Waals surface area contributed by atoms with Crippen LogP contribution in [-0.2, 0) is 30.4 Å². The largest absolute Gasteiger partial charge is 0.427 e. The summed E-state index contributed by atoms with van der Waals surface area (Å²) in [5.74, 6) is -3.53. The fourth-order valence-corrected chi connectivity index (χ4v) is 10.7. The molecule has 12 aromatic carbocycles. The van der Waals surface area contributed by atoms with Gasteiger partial charge in [0.25, 0.3) is 17.7 Å². The zero-order chi connectivity index (χ0) is 78.5. The third-order valence-corrected chi connectivity index (χ3v) is 15.8. The molecule has 12 rings (SSSR count). The van der Waals surface area contributed by atoms with E-state index in [1.807, 2.05) is 24.3 Å². The van der Waals surface area contributed by atoms with Crippen LogP contribution in [-0.4, -0.2) is 71.4 Å². The molecule has 0 saturated carbocycles. The highest BCUT2D eigenvalue weighted by atomic mass is 16.6. The van der Waals surface area contributed by atoms with Crippen LogP contribution in [0.3, 0.4) is 0 Å². The van der Waals surface area contributed by atoms with E-state index in [1.54, 1.807) is 206 Å². The van der Waals surface area contributed by atoms with Crippen LogP contribution in [0.1, 0.15) is 106 Å². The number of benzene rings is 12. The van der Waals surface area contributed by atoms with Gasteiger partial charge in [-0.15, -0.1) is 0 Å². The third-order valence-electron chi connectivity index (χ3n) is 15.8. The average Bonchev–Trinajstić information content (AvgIpc) is 0.831. The third kappa shape index (κ3) is 22.3. The van der Waals surface area contributed by atoms with Gasteiger partial charge < -0.3 is 59.2 Å². The van der Waals surface area contributed by atoms with E-state index in [4.69, 9.17) is 37.9 Å². The molecule has 24 heteroatoms. The van der Waals surface area contributed by atoms with Crippen LogP contribution in [0.5, 0.6) is 46.0 Å². The molecular formula is C87H64N4O20. The van der Waals surface area contributed by atoms with Crippen molar-refractivity contribution in [3.63, 3.8) is 0 Å². The van der Waals surface area contributed by atoms with Gasteiger partial charge in [0.05, 0.1) is 28.7 Å². The van der Waals surface area contributed by atoms with Gasteiger partial charge in [-0.2, -0.15) is 0 Å². The summed E-state index contributed by atoms with van der Waals surface area (Å²) in [6.07, 6.45) is -0.0215. The number of amides is 4. The lowest BCUT2D eigenvalue weighted by atomic mass is 10.1. The maximum absolute atomic E-state index is 13.0. The monoisotopic (exact) mass is 1480 g/mol. The van der Waals surface area contributed by atoms with Crippen molar-refractivity contribution in [2.45, 2.75) is 34.1 Å². The van der Waals surface area contributed by atoms with E-state index in [9.17, 15) is 57.5 Å². The van der Waals surface area contributed by atoms with E-state index in [-0.39, 0.29) is 68.5 Å². The quantitative estimate of drug-likeness (QED) is 0.0362. The molecule has 0 bridgehead atoms. The summed E-state index contributed by atoms with van der Waals surface area (Å²) in [5, 5.41) is 12.4. The Bertz CT molecular complexity index is 5380. The normalized spacial score (nSPS) is 10.5. The Morgan fingerprint density at radius 3 is 0.784 bits per heavy atom. The van der Waals surface area contributed by atoms with E-state index < -0.39 is 65.5 Å². The van der Waals surface area contributed by atoms with E-state index >= 15 is 0 Å². The SMILES string of the molecule is CC(=O)Oc1ccc(NC(=O)c2cccc(C(=O)Oc3ccc(NC(=O)Cc4cccc(C(=O)Oc5ccc(-c6ccc(OC(C)=O)cc6)cc5)c4)cc3)c2)cc1.CC(=O)Oc1ccc(NC(=O)c2cccc(C(=O)Oc3ccc4cc(OC(=O)c5cccc(C(=O)Nc6ccc(OC(C)=O)cc6)c5)ccc4c3)c2)cc1. The zero-order valence-corrected chi connectivity index (χ0v) is 59.4. The maximum atomic E-state index is 13.0. The minimum atomic E-state index is -0.688. The molecule has 552 valence electrons. The van der Waals surface area contributed by atoms with Crippen molar-refractivity contribution in [3.05, 3.63) is 324 Å². The molecule has 24 nitrogen and oxygen atoms in total. The van der Waals surface area contributed by atoms with Crippen LogP contribution in [0.4, 0.5) is 22.7 Å². The van der Waals surface area contributed by atoms with Gasteiger partial charge in [0.1, 0.15) is 46.0 Å². The van der Waals surface area contributed by atoms with Crippen LogP contribution < -0.4 is 59.2 Å². The second-order valence-electron chi connectivity index (χ2n) is 24.3. The number of ether oxygens (including phenoxy) is 8. The zero-order valence-electron chi connectivity index (χ0n) is 59.4. The van der Waals surface area contributed by atoms with Gasteiger partial charge >= 0.3 is 47.8 Å². The summed E-state index contributed by atoms with van der Waals surface area (Å²) < 4.78 is 42.3. The molecule has 0 fully saturated rings. The molecule has 4 amide bonds. The second kappa shape index (κ2) is 36.0. The summed E-state index contributed by atoms with van der Waals surface area (Å²) in [6, 6.07) is 73.7. The van der Waals surface area contributed by atoms with Gasteiger partial charge in [0, 0.05) is 67.1 Å². The van der Waals surface area contributed by atoms with Gasteiger partial charge in [-0.05, 0) is 240 Å². The van der Waals surface area contributed by atoms with Crippen molar-refractivity contribution in [2.75, 3.05) is 21.3 Å². The number of carbonyl (C=O) groups excluding carboxylic acids is 12. The number of nitrogens with one attached hydrogen (secondary N) is 4. The van der Waals surface area contributed by atoms with E-state index in [2.05, 4.69) is 21.3 Å². The maximum Gasteiger partial charge on any atom is 0.343 e. The first-order chi connectivity index (χ1) is 53.4. The van der Waals surface area contributed by atoms with Gasteiger partial charge in [0.2, 0.25) is 5.91 Å². The number of carbonyl (C=O) groups is 12. The smallest absolute Gasteiger partial charge is 0.343 e. The molecule has 0 aliphatic carbocycles. The van der Waals surface area contributed by atoms with E-state index in [0.717, 1.165) is 11.1 Å². The van der Waals surface area contributed by atoms with Crippen LogP contribution in [0.2, 0.25) is 0 Å². The highest BCUT2D eigenvalue weighted by molar-refractivity contribution is 6.08. The van der Waals surface area contributed by atoms with E-state index in [1.165, 1.54) is 76.2 Å². The molecule has 0 atom stereocenters. The lowest BCUT2D eigenvalue weighted by Crippen LogP contribution is -2.15. The molecule has 0 unspecified atom stereocenters. The molecule has 0 aliphatic rings. The van der Waals surface area contributed by atoms with Crippen molar-refractivity contribution < 1.29 is 95.4 Å². The Kier molecular flexibility index (Phi) is 24.9. The molecule has 0 saturated heterocycles. The molecule has 0 radical (unpaired) electrons. The summed E-state index contributed by atoms with van der Waals surface area (Å²) in [6.45, 7) is 5.21. The molecule has 0 aromatic heterocycles. The molecule has 111 heavy (non-hydrogen) atoms. The summed E-state index contributed by atoms with van der Waals surface area (Å²) >= 11 is 0. The fourth-order valence-electron chi connectivity index (χ4n) is 10.7. The Hall–Kier alpha value is -15.5. The van der Waals surface area contributed by atoms with E-state index in [0.29, 0.717) is 67.8 Å². The predicted molar refractivity (Wildman–Crippen MR) is 409 cm³/mol. The molecule has 12 aromatic rings. The highest BCUT2D eigenvalue weighted by Crippen LogP contribution is 2.30. The highest BCUT2D eigenvalue weighted by Gasteiger charge is 2.20. The molecule has 0 spiro atoms. The van der Waals surface area contributed by atoms with Crippen molar-refractivity contribution in [1.29, 1.82) is 0 Å². The number of hydrogen-bond donors (Lipinski definition) is 4. The topological polar surface area (TPSA) is 327 Å². The van der Waals surface area contributed by atoms with Crippen LogP contribution >= 0.6 is 0 Å². The Morgan fingerprint density at radius 2 is 0.477 bits per heavy atom. The lowest BCUT2D eigenvalue weighted by molar-refractivity contribution is -0.132. The summed E-state index contributed by atoms with van der Waals surface area (Å²) in [4.78, 5) is 148. The summed E-state index contributed by atoms with van der Waals surface area (Å²) in [7, 11) is 0. The second-order valence-corrected chi connectivity index (χ2v) is 24.3. The van der Waals surface area contributed by atoms with Gasteiger partial charge in [-0.25, -0.2) is 19.2 Å². The first-order valence-corrected chi connectivity index (χ1v) is 33.9. The molecule has 0 heterocycles. The van der Waals surface area contributed by atoms with Gasteiger partial charge in [-0.1, -0.05) is 66.7 Å². The van der Waals surface area contributed by atoms with Gasteiger partial charge in [0.15, 0.2) is 0 Å². The van der Waals surface area contributed by atoms with Crippen molar-refractivity contribution >= 4 is 105 Å². The van der Waals surface area contributed by atoms with Crippen molar-refractivity contribution in [3.8, 4) is 57.1 Å². The van der Waals surface area contributed by atoms with Crippen LogP contribution in [0, 0.1) is 0 Å². The number of esters is 8. The fraction of sp³-hybridized carbons (Fsp3) is 0.0575. The number of anilines is 4. The minimum absolute atomic E-state index is 0.0215. The number of hydrogen-bond acceptors (Lipinski definition) is 20. The number of rotatable bonds is 22. The first-order valence-electron chi connectivity index (χ1n) is 33.9. The Labute approximate surface area is 633 Å². The molecular weight excluding hydrogens is 1420 g/mol. The number of fused-ring (bicyclic) bond motifs is 1. The Morgan fingerprint density at radius 1 is 0.234 bits per heavy atom. The Balaban J connectivity index is 0.000000220.